The van der Waals surface area contributed by atoms with Gasteiger partial charge in [0.2, 0.25) is 0 Å². The lowest BCUT2D eigenvalue weighted by Crippen LogP contribution is -2.40. The normalized spacial score (nSPS) is 13.8. The van der Waals surface area contributed by atoms with Crippen molar-refractivity contribution in [2.45, 2.75) is 91.0 Å². The van der Waals surface area contributed by atoms with Crippen molar-refractivity contribution in [2.75, 3.05) is 19.0 Å². The highest BCUT2D eigenvalue weighted by Crippen LogP contribution is 2.38. The van der Waals surface area contributed by atoms with Crippen molar-refractivity contribution in [3.63, 3.8) is 0 Å². The fourth-order valence-corrected chi connectivity index (χ4v) is 4.01. The van der Waals surface area contributed by atoms with Gasteiger partial charge in [0.05, 0.1) is 13.2 Å². The van der Waals surface area contributed by atoms with Crippen molar-refractivity contribution in [3.05, 3.63) is 23.4 Å². The molecule has 0 aliphatic heterocycles. The molecule has 0 saturated heterocycles. The summed E-state index contributed by atoms with van der Waals surface area (Å²) in [7, 11) is 0.480. The van der Waals surface area contributed by atoms with E-state index in [9.17, 15) is 0 Å². The summed E-state index contributed by atoms with van der Waals surface area (Å²) in [5, 5.41) is 0.403. The highest BCUT2D eigenvalue weighted by molar-refractivity contribution is 6.74. The smallest absolute Gasteiger partial charge is 0.192 e. The quantitative estimate of drug-likeness (QED) is 0.502. The first kappa shape index (κ1) is 24.3. The van der Waals surface area contributed by atoms with E-state index in [0.29, 0.717) is 13.2 Å². The number of pyridine rings is 1. The van der Waals surface area contributed by atoms with E-state index in [4.69, 9.17) is 13.8 Å². The van der Waals surface area contributed by atoms with Crippen LogP contribution in [0, 0.1) is 0 Å². The highest BCUT2D eigenvalue weighted by Gasteiger charge is 2.38. The lowest BCUT2D eigenvalue weighted by molar-refractivity contribution is 0.270. The summed E-state index contributed by atoms with van der Waals surface area (Å²) in [5.74, 6) is 0.977. The molecule has 0 saturated carbocycles. The average Bonchev–Trinajstić information content (AvgIpc) is 2.48. The van der Waals surface area contributed by atoms with Crippen LogP contribution in [0.5, 0.6) is 0 Å². The van der Waals surface area contributed by atoms with Gasteiger partial charge in [0.25, 0.3) is 0 Å². The van der Waals surface area contributed by atoms with E-state index in [1.54, 1.807) is 0 Å². The molecule has 0 aromatic carbocycles. The second kappa shape index (κ2) is 8.35. The van der Waals surface area contributed by atoms with Gasteiger partial charge in [0.1, 0.15) is 5.82 Å². The largest absolute Gasteiger partial charge is 0.413 e. The molecule has 27 heavy (non-hydrogen) atoms. The number of hydrogen-bond acceptors (Lipinski definition) is 4. The molecule has 0 amide bonds. The van der Waals surface area contributed by atoms with Crippen LogP contribution < -0.4 is 4.90 Å². The van der Waals surface area contributed by atoms with Crippen LogP contribution in [0.1, 0.15) is 52.7 Å². The third-order valence-corrected chi connectivity index (χ3v) is 15.2. The van der Waals surface area contributed by atoms with Crippen LogP contribution >= 0.6 is 0 Å². The maximum Gasteiger partial charge on any atom is 0.192 e. The number of rotatable bonds is 7. The first-order valence-electron chi connectivity index (χ1n) is 9.91. The summed E-state index contributed by atoms with van der Waals surface area (Å²) < 4.78 is 12.9. The Morgan fingerprint density at radius 3 is 1.70 bits per heavy atom. The van der Waals surface area contributed by atoms with E-state index in [1.807, 2.05) is 20.3 Å². The Morgan fingerprint density at radius 2 is 1.30 bits per heavy atom. The third-order valence-electron chi connectivity index (χ3n) is 6.22. The molecule has 1 rings (SSSR count). The van der Waals surface area contributed by atoms with Crippen LogP contribution in [0.4, 0.5) is 5.82 Å². The van der Waals surface area contributed by atoms with Gasteiger partial charge in [0, 0.05) is 25.9 Å². The van der Waals surface area contributed by atoms with Gasteiger partial charge >= 0.3 is 0 Å². The molecule has 0 aliphatic rings. The number of aromatic nitrogens is 1. The Bertz CT molecular complexity index is 630. The Balaban J connectivity index is 3.01. The SMILES string of the molecule is CN(C)c1ncc(CO[Si](C)(C)C(C)(C)C)cc1CO[Si](C)(C)C(C)(C)C. The van der Waals surface area contributed by atoms with Gasteiger partial charge in [-0.25, -0.2) is 4.98 Å². The van der Waals surface area contributed by atoms with Crippen LogP contribution in [-0.4, -0.2) is 35.7 Å². The van der Waals surface area contributed by atoms with Crippen LogP contribution in [-0.2, 0) is 22.1 Å². The third kappa shape index (κ3) is 6.41. The molecule has 0 fully saturated rings. The molecular formula is C21H42N2O2Si2. The summed E-state index contributed by atoms with van der Waals surface area (Å²) in [5.41, 5.74) is 2.26. The molecule has 4 nitrogen and oxygen atoms in total. The lowest BCUT2D eigenvalue weighted by atomic mass is 10.2. The molecule has 0 unspecified atom stereocenters. The molecule has 1 aromatic heterocycles. The zero-order chi connectivity index (χ0) is 21.3. The molecule has 0 N–H and O–H groups in total. The van der Waals surface area contributed by atoms with Crippen molar-refractivity contribution >= 4 is 22.5 Å². The number of anilines is 1. The molecule has 0 atom stereocenters. The van der Waals surface area contributed by atoms with Gasteiger partial charge in [-0.15, -0.1) is 0 Å². The van der Waals surface area contributed by atoms with E-state index < -0.39 is 16.6 Å². The molecule has 0 bridgehead atoms. The van der Waals surface area contributed by atoms with Crippen molar-refractivity contribution in [2.24, 2.45) is 0 Å². The van der Waals surface area contributed by atoms with Crippen LogP contribution in [0.3, 0.4) is 0 Å². The Kier molecular flexibility index (Phi) is 7.53. The van der Waals surface area contributed by atoms with E-state index in [0.717, 1.165) is 16.9 Å². The molecule has 0 radical (unpaired) electrons. The standard InChI is InChI=1S/C21H42N2O2Si2/c1-20(2,3)26(9,10)24-15-17-13-18(19(22-14-17)23(7)8)16-25-27(11,12)21(4,5)6/h13-14H,15-16H2,1-12H3. The molecule has 6 heteroatoms. The first-order chi connectivity index (χ1) is 12.0. The van der Waals surface area contributed by atoms with Crippen molar-refractivity contribution in [1.29, 1.82) is 0 Å². The molecule has 0 spiro atoms. The lowest BCUT2D eigenvalue weighted by Gasteiger charge is -2.37. The highest BCUT2D eigenvalue weighted by atomic mass is 28.4. The van der Waals surface area contributed by atoms with E-state index >= 15 is 0 Å². The fraction of sp³-hybridized carbons (Fsp3) is 0.762. The average molecular weight is 411 g/mol. The van der Waals surface area contributed by atoms with Crippen molar-refractivity contribution in [1.82, 2.24) is 4.98 Å². The second-order valence-corrected chi connectivity index (χ2v) is 20.4. The van der Waals surface area contributed by atoms with Crippen LogP contribution in [0.25, 0.3) is 0 Å². The molecule has 0 aliphatic carbocycles. The van der Waals surface area contributed by atoms with Gasteiger partial charge in [-0.05, 0) is 47.9 Å². The molecular weight excluding hydrogens is 368 g/mol. The number of hydrogen-bond donors (Lipinski definition) is 0. The minimum atomic E-state index is -1.81. The first-order valence-corrected chi connectivity index (χ1v) is 15.7. The maximum absolute atomic E-state index is 6.47. The summed E-state index contributed by atoms with van der Waals surface area (Å²) in [6.07, 6.45) is 1.94. The maximum atomic E-state index is 6.47. The van der Waals surface area contributed by atoms with Gasteiger partial charge in [-0.1, -0.05) is 41.5 Å². The topological polar surface area (TPSA) is 34.6 Å². The zero-order valence-electron chi connectivity index (χ0n) is 19.8. The minimum Gasteiger partial charge on any atom is -0.413 e. The summed E-state index contributed by atoms with van der Waals surface area (Å²) >= 11 is 0. The molecule has 156 valence electrons. The van der Waals surface area contributed by atoms with Gasteiger partial charge < -0.3 is 13.8 Å². The molecule has 1 heterocycles. The van der Waals surface area contributed by atoms with E-state index in [2.05, 4.69) is 78.7 Å². The monoisotopic (exact) mass is 410 g/mol. The molecule has 1 aromatic rings. The summed E-state index contributed by atoms with van der Waals surface area (Å²) in [6.45, 7) is 24.0. The predicted octanol–water partition coefficient (Wildman–Crippen LogP) is 6.19. The van der Waals surface area contributed by atoms with Gasteiger partial charge in [0.15, 0.2) is 16.6 Å². The minimum absolute atomic E-state index is 0.196. The second-order valence-electron chi connectivity index (χ2n) is 10.8. The fourth-order valence-electron chi connectivity index (χ4n) is 2.10. The Labute approximate surface area is 169 Å². The zero-order valence-corrected chi connectivity index (χ0v) is 21.8. The summed E-state index contributed by atoms with van der Waals surface area (Å²) in [4.78, 5) is 6.76. The van der Waals surface area contributed by atoms with Crippen molar-refractivity contribution < 1.29 is 8.85 Å². The van der Waals surface area contributed by atoms with Gasteiger partial charge in [-0.2, -0.15) is 0 Å². The van der Waals surface area contributed by atoms with E-state index in [1.165, 1.54) is 0 Å². The van der Waals surface area contributed by atoms with Crippen LogP contribution in [0.15, 0.2) is 12.3 Å². The Hall–Kier alpha value is -0.696. The summed E-state index contributed by atoms with van der Waals surface area (Å²) in [6, 6.07) is 2.21. The number of nitrogens with zero attached hydrogens (tertiary/aromatic N) is 2. The van der Waals surface area contributed by atoms with Crippen LogP contribution in [0.2, 0.25) is 36.3 Å². The van der Waals surface area contributed by atoms with Crippen molar-refractivity contribution in [3.8, 4) is 0 Å². The van der Waals surface area contributed by atoms with Gasteiger partial charge in [-0.3, -0.25) is 0 Å². The predicted molar refractivity (Wildman–Crippen MR) is 123 cm³/mol. The Morgan fingerprint density at radius 1 is 0.852 bits per heavy atom. The van der Waals surface area contributed by atoms with E-state index in [-0.39, 0.29) is 10.1 Å².